The lowest BCUT2D eigenvalue weighted by Gasteiger charge is -2.29. The summed E-state index contributed by atoms with van der Waals surface area (Å²) >= 11 is 0. The number of nitrogens with zero attached hydrogens (tertiary/aromatic N) is 1. The van der Waals surface area contributed by atoms with Gasteiger partial charge in [-0.25, -0.2) is 13.2 Å². The minimum Gasteiger partial charge on any atom is -0.507 e. The van der Waals surface area contributed by atoms with Crippen LogP contribution >= 0.6 is 0 Å². The van der Waals surface area contributed by atoms with Crippen LogP contribution in [-0.2, 0) is 10.0 Å². The van der Waals surface area contributed by atoms with E-state index < -0.39 is 21.7 Å². The standard InChI is InChI=1S/C18H20N2O5S/c21-17-11-13(7-8-16(17)18(22)23)19-26(24,25)15-6-4-5-14(12-15)20-9-2-1-3-10-20/h4-8,11-12,19,21H,1-3,9-10H2,(H,22,23). The Hall–Kier alpha value is -2.74. The highest BCUT2D eigenvalue weighted by Crippen LogP contribution is 2.26. The maximum absolute atomic E-state index is 12.6. The van der Waals surface area contributed by atoms with Crippen LogP contribution in [0.2, 0.25) is 0 Å². The average molecular weight is 376 g/mol. The number of aromatic carboxylic acids is 1. The van der Waals surface area contributed by atoms with E-state index in [-0.39, 0.29) is 16.1 Å². The van der Waals surface area contributed by atoms with Gasteiger partial charge in [-0.3, -0.25) is 4.72 Å². The molecule has 7 nitrogen and oxygen atoms in total. The predicted molar refractivity (Wildman–Crippen MR) is 98.4 cm³/mol. The highest BCUT2D eigenvalue weighted by Gasteiger charge is 2.18. The third-order valence-corrected chi connectivity index (χ3v) is 5.71. The van der Waals surface area contributed by atoms with Crippen molar-refractivity contribution in [3.8, 4) is 5.75 Å². The lowest BCUT2D eigenvalue weighted by atomic mass is 10.1. The molecule has 0 amide bonds. The van der Waals surface area contributed by atoms with Crippen LogP contribution in [-0.4, -0.2) is 37.7 Å². The lowest BCUT2D eigenvalue weighted by Crippen LogP contribution is -2.29. The van der Waals surface area contributed by atoms with Gasteiger partial charge in [-0.05, 0) is 49.6 Å². The van der Waals surface area contributed by atoms with E-state index in [0.717, 1.165) is 43.8 Å². The summed E-state index contributed by atoms with van der Waals surface area (Å²) in [5.74, 6) is -1.79. The Labute approximate surface area is 151 Å². The van der Waals surface area contributed by atoms with E-state index >= 15 is 0 Å². The normalized spacial score (nSPS) is 14.8. The van der Waals surface area contributed by atoms with Gasteiger partial charge in [0.1, 0.15) is 11.3 Å². The Balaban J connectivity index is 1.84. The van der Waals surface area contributed by atoms with Crippen molar-refractivity contribution < 1.29 is 23.4 Å². The molecule has 1 aliphatic rings. The van der Waals surface area contributed by atoms with Gasteiger partial charge in [0.2, 0.25) is 0 Å². The van der Waals surface area contributed by atoms with Gasteiger partial charge in [0, 0.05) is 24.8 Å². The first-order valence-corrected chi connectivity index (χ1v) is 9.79. The molecule has 2 aromatic rings. The molecule has 3 N–H and O–H groups in total. The Bertz CT molecular complexity index is 921. The molecule has 1 heterocycles. The van der Waals surface area contributed by atoms with Crippen LogP contribution in [0.1, 0.15) is 29.6 Å². The molecule has 3 rings (SSSR count). The van der Waals surface area contributed by atoms with Crippen molar-refractivity contribution in [2.24, 2.45) is 0 Å². The van der Waals surface area contributed by atoms with Crippen LogP contribution in [0.25, 0.3) is 0 Å². The second-order valence-corrected chi connectivity index (χ2v) is 7.87. The second kappa shape index (κ2) is 7.25. The van der Waals surface area contributed by atoms with Crippen LogP contribution in [0.15, 0.2) is 47.4 Å². The maximum Gasteiger partial charge on any atom is 0.339 e. The van der Waals surface area contributed by atoms with Gasteiger partial charge in [-0.15, -0.1) is 0 Å². The number of phenols is 1. The number of carboxylic acid groups (broad SMARTS) is 1. The molecule has 1 fully saturated rings. The van der Waals surface area contributed by atoms with E-state index in [1.54, 1.807) is 12.1 Å². The van der Waals surface area contributed by atoms with Gasteiger partial charge < -0.3 is 15.1 Å². The van der Waals surface area contributed by atoms with Gasteiger partial charge in [0.25, 0.3) is 10.0 Å². The average Bonchev–Trinajstić information content (AvgIpc) is 2.62. The first-order chi connectivity index (χ1) is 12.4. The Kier molecular flexibility index (Phi) is 5.03. The molecule has 1 saturated heterocycles. The molecular formula is C18H20N2O5S. The molecule has 0 atom stereocenters. The van der Waals surface area contributed by atoms with E-state index in [1.165, 1.54) is 18.6 Å². The summed E-state index contributed by atoms with van der Waals surface area (Å²) in [7, 11) is -3.86. The summed E-state index contributed by atoms with van der Waals surface area (Å²) in [6, 6.07) is 10.2. The van der Waals surface area contributed by atoms with Gasteiger partial charge >= 0.3 is 5.97 Å². The Morgan fingerprint density at radius 3 is 2.42 bits per heavy atom. The number of rotatable bonds is 5. The fourth-order valence-electron chi connectivity index (χ4n) is 2.99. The highest BCUT2D eigenvalue weighted by atomic mass is 32.2. The van der Waals surface area contributed by atoms with Gasteiger partial charge in [-0.1, -0.05) is 6.07 Å². The molecular weight excluding hydrogens is 356 g/mol. The molecule has 0 unspecified atom stereocenters. The Morgan fingerprint density at radius 2 is 1.77 bits per heavy atom. The molecule has 138 valence electrons. The van der Waals surface area contributed by atoms with Crippen molar-refractivity contribution in [3.05, 3.63) is 48.0 Å². The van der Waals surface area contributed by atoms with Gasteiger partial charge in [0.15, 0.2) is 0 Å². The lowest BCUT2D eigenvalue weighted by molar-refractivity contribution is 0.0694. The summed E-state index contributed by atoms with van der Waals surface area (Å²) in [4.78, 5) is 13.2. The van der Waals surface area contributed by atoms with Crippen LogP contribution in [0.3, 0.4) is 0 Å². The third kappa shape index (κ3) is 3.91. The van der Waals surface area contributed by atoms with E-state index in [2.05, 4.69) is 9.62 Å². The third-order valence-electron chi connectivity index (χ3n) is 4.33. The molecule has 0 aromatic heterocycles. The first kappa shape index (κ1) is 18.1. The van der Waals surface area contributed by atoms with E-state index in [0.29, 0.717) is 0 Å². The monoisotopic (exact) mass is 376 g/mol. The topological polar surface area (TPSA) is 107 Å². The first-order valence-electron chi connectivity index (χ1n) is 8.31. The largest absolute Gasteiger partial charge is 0.507 e. The minimum absolute atomic E-state index is 0.0934. The molecule has 0 aliphatic carbocycles. The van der Waals surface area contributed by atoms with E-state index in [1.807, 2.05) is 6.07 Å². The van der Waals surface area contributed by atoms with Crippen molar-refractivity contribution >= 4 is 27.4 Å². The SMILES string of the molecule is O=C(O)c1ccc(NS(=O)(=O)c2cccc(N3CCCCC3)c2)cc1O. The summed E-state index contributed by atoms with van der Waals surface area (Å²) in [6.07, 6.45) is 3.36. The minimum atomic E-state index is -3.86. The summed E-state index contributed by atoms with van der Waals surface area (Å²) in [5, 5.41) is 18.6. The number of carbonyl (C=O) groups is 1. The van der Waals surface area contributed by atoms with Crippen molar-refractivity contribution in [2.45, 2.75) is 24.2 Å². The molecule has 1 aliphatic heterocycles. The predicted octanol–water partition coefficient (Wildman–Crippen LogP) is 2.88. The number of anilines is 2. The molecule has 2 aromatic carbocycles. The number of nitrogens with one attached hydrogen (secondary N) is 1. The number of piperidine rings is 1. The Morgan fingerprint density at radius 1 is 1.04 bits per heavy atom. The number of hydrogen-bond donors (Lipinski definition) is 3. The molecule has 0 spiro atoms. The van der Waals surface area contributed by atoms with Crippen LogP contribution in [0.4, 0.5) is 11.4 Å². The second-order valence-electron chi connectivity index (χ2n) is 6.19. The van der Waals surface area contributed by atoms with Crippen molar-refractivity contribution in [3.63, 3.8) is 0 Å². The summed E-state index contributed by atoms with van der Waals surface area (Å²) < 4.78 is 27.7. The van der Waals surface area contributed by atoms with Crippen LogP contribution in [0, 0.1) is 0 Å². The smallest absolute Gasteiger partial charge is 0.339 e. The number of sulfonamides is 1. The van der Waals surface area contributed by atoms with Crippen molar-refractivity contribution in [1.82, 2.24) is 0 Å². The van der Waals surface area contributed by atoms with Crippen LogP contribution < -0.4 is 9.62 Å². The fraction of sp³-hybridized carbons (Fsp3) is 0.278. The van der Waals surface area contributed by atoms with E-state index in [4.69, 9.17) is 5.11 Å². The highest BCUT2D eigenvalue weighted by molar-refractivity contribution is 7.92. The number of carboxylic acids is 1. The summed E-state index contributed by atoms with van der Waals surface area (Å²) in [5.41, 5.74) is 0.660. The zero-order chi connectivity index (χ0) is 18.7. The zero-order valence-corrected chi connectivity index (χ0v) is 14.9. The number of benzene rings is 2. The van der Waals surface area contributed by atoms with Crippen molar-refractivity contribution in [1.29, 1.82) is 0 Å². The zero-order valence-electron chi connectivity index (χ0n) is 14.1. The van der Waals surface area contributed by atoms with Gasteiger partial charge in [0.05, 0.1) is 10.6 Å². The maximum atomic E-state index is 12.6. The molecule has 0 radical (unpaired) electrons. The van der Waals surface area contributed by atoms with E-state index in [9.17, 15) is 18.3 Å². The van der Waals surface area contributed by atoms with Crippen molar-refractivity contribution in [2.75, 3.05) is 22.7 Å². The van der Waals surface area contributed by atoms with Crippen LogP contribution in [0.5, 0.6) is 5.75 Å². The number of hydrogen-bond acceptors (Lipinski definition) is 5. The van der Waals surface area contributed by atoms with Gasteiger partial charge in [-0.2, -0.15) is 0 Å². The molecule has 0 saturated carbocycles. The quantitative estimate of drug-likeness (QED) is 0.741. The molecule has 0 bridgehead atoms. The molecule has 26 heavy (non-hydrogen) atoms. The summed E-state index contributed by atoms with van der Waals surface area (Å²) in [6.45, 7) is 1.81. The molecule has 8 heteroatoms. The fourth-order valence-corrected chi connectivity index (χ4v) is 4.08. The number of aromatic hydroxyl groups is 1.